The van der Waals surface area contributed by atoms with E-state index in [0.29, 0.717) is 11.8 Å². The quantitative estimate of drug-likeness (QED) is 0.204. The van der Waals surface area contributed by atoms with E-state index >= 15 is 0 Å². The molecule has 0 bridgehead atoms. The molecule has 40 heavy (non-hydrogen) atoms. The van der Waals surface area contributed by atoms with E-state index in [9.17, 15) is 0 Å². The molecule has 2 saturated carbocycles. The first-order valence-electron chi connectivity index (χ1n) is 14.0. The van der Waals surface area contributed by atoms with Crippen LogP contribution in [-0.4, -0.2) is 11.7 Å². The van der Waals surface area contributed by atoms with Gasteiger partial charge in [-0.3, -0.25) is 0 Å². The van der Waals surface area contributed by atoms with E-state index in [4.69, 9.17) is 20.9 Å². The molecule has 214 valence electrons. The summed E-state index contributed by atoms with van der Waals surface area (Å²) >= 11 is 0. The van der Waals surface area contributed by atoms with Gasteiger partial charge in [0, 0.05) is 11.8 Å². The van der Waals surface area contributed by atoms with Crippen molar-refractivity contribution >= 4 is 47.9 Å². The molecule has 3 aromatic carbocycles. The Balaban J connectivity index is 0.00000220. The summed E-state index contributed by atoms with van der Waals surface area (Å²) in [6.45, 7) is 0. The molecule has 8 heteroatoms. The van der Waals surface area contributed by atoms with Gasteiger partial charge >= 0.3 is 0 Å². The van der Waals surface area contributed by atoms with Crippen LogP contribution in [0.4, 0.5) is 11.4 Å². The molecule has 0 spiro atoms. The highest BCUT2D eigenvalue weighted by Gasteiger charge is 2.18. The van der Waals surface area contributed by atoms with Gasteiger partial charge in [-0.15, -0.1) is 24.8 Å². The van der Waals surface area contributed by atoms with Crippen LogP contribution in [0.5, 0.6) is 23.0 Å². The smallest absolute Gasteiger partial charge is 0.127 e. The van der Waals surface area contributed by atoms with Crippen molar-refractivity contribution < 1.29 is 9.47 Å². The number of ether oxygens (including phenoxy) is 2. The minimum atomic E-state index is 0. The molecule has 0 atom stereocenters. The molecule has 0 radical (unpaired) electrons. The van der Waals surface area contributed by atoms with Crippen molar-refractivity contribution in [3.8, 4) is 23.0 Å². The molecule has 0 saturated heterocycles. The van der Waals surface area contributed by atoms with Gasteiger partial charge in [-0.2, -0.15) is 0 Å². The minimum absolute atomic E-state index is 0. The van der Waals surface area contributed by atoms with E-state index in [1.165, 1.54) is 38.5 Å². The Morgan fingerprint density at radius 2 is 0.750 bits per heavy atom. The molecule has 2 aliphatic rings. The SMILES string of the molecule is Cl.Cl.NC(=Nc1ccc(Oc2ccc(Oc3ccc(N=C(N)C4CCCCC4)cc3)cc2)cc1)C1CCCCC1. The minimum Gasteiger partial charge on any atom is -0.457 e. The highest BCUT2D eigenvalue weighted by Crippen LogP contribution is 2.30. The van der Waals surface area contributed by atoms with Gasteiger partial charge in [0.25, 0.3) is 0 Å². The van der Waals surface area contributed by atoms with Gasteiger partial charge in [0.15, 0.2) is 0 Å². The Kier molecular flexibility index (Phi) is 12.2. The molecule has 0 aromatic heterocycles. The predicted molar refractivity (Wildman–Crippen MR) is 170 cm³/mol. The van der Waals surface area contributed by atoms with Gasteiger partial charge in [-0.05, 0) is 98.5 Å². The first-order chi connectivity index (χ1) is 18.6. The van der Waals surface area contributed by atoms with Crippen LogP contribution in [0.25, 0.3) is 0 Å². The number of halogens is 2. The summed E-state index contributed by atoms with van der Waals surface area (Å²) in [6.07, 6.45) is 12.2. The van der Waals surface area contributed by atoms with Crippen LogP contribution < -0.4 is 20.9 Å². The van der Waals surface area contributed by atoms with Crippen molar-refractivity contribution in [2.45, 2.75) is 64.2 Å². The topological polar surface area (TPSA) is 95.2 Å². The van der Waals surface area contributed by atoms with Crippen molar-refractivity contribution in [2.24, 2.45) is 33.3 Å². The summed E-state index contributed by atoms with van der Waals surface area (Å²) < 4.78 is 12.0. The zero-order chi connectivity index (χ0) is 26.2. The number of hydrogen-bond donors (Lipinski definition) is 2. The maximum atomic E-state index is 6.26. The summed E-state index contributed by atoms with van der Waals surface area (Å²) in [6, 6.07) is 23.0. The van der Waals surface area contributed by atoms with Crippen molar-refractivity contribution in [1.29, 1.82) is 0 Å². The molecule has 4 N–H and O–H groups in total. The van der Waals surface area contributed by atoms with Crippen LogP contribution >= 0.6 is 24.8 Å². The Morgan fingerprint density at radius 1 is 0.475 bits per heavy atom. The second-order valence-corrected chi connectivity index (χ2v) is 10.4. The highest BCUT2D eigenvalue weighted by atomic mass is 35.5. The largest absolute Gasteiger partial charge is 0.457 e. The van der Waals surface area contributed by atoms with E-state index in [0.717, 1.165) is 71.7 Å². The monoisotopic (exact) mass is 582 g/mol. The fourth-order valence-electron chi connectivity index (χ4n) is 5.30. The third-order valence-electron chi connectivity index (χ3n) is 7.53. The van der Waals surface area contributed by atoms with Crippen LogP contribution in [0, 0.1) is 11.8 Å². The molecule has 2 aliphatic carbocycles. The van der Waals surface area contributed by atoms with E-state index in [1.807, 2.05) is 72.8 Å². The Morgan fingerprint density at radius 3 is 1.05 bits per heavy atom. The summed E-state index contributed by atoms with van der Waals surface area (Å²) in [5.74, 6) is 5.29. The molecule has 2 fully saturated rings. The van der Waals surface area contributed by atoms with E-state index in [1.54, 1.807) is 0 Å². The Labute approximate surface area is 250 Å². The van der Waals surface area contributed by atoms with E-state index < -0.39 is 0 Å². The molecule has 0 amide bonds. The van der Waals surface area contributed by atoms with Gasteiger partial charge in [-0.1, -0.05) is 38.5 Å². The van der Waals surface area contributed by atoms with E-state index in [2.05, 4.69) is 9.98 Å². The maximum Gasteiger partial charge on any atom is 0.127 e. The van der Waals surface area contributed by atoms with Gasteiger partial charge < -0.3 is 20.9 Å². The number of amidine groups is 2. The van der Waals surface area contributed by atoms with Crippen LogP contribution in [-0.2, 0) is 0 Å². The van der Waals surface area contributed by atoms with Gasteiger partial charge in [0.2, 0.25) is 0 Å². The number of nitrogens with two attached hydrogens (primary N) is 2. The van der Waals surface area contributed by atoms with Crippen molar-refractivity contribution in [3.63, 3.8) is 0 Å². The normalized spacial score (nSPS) is 16.9. The lowest BCUT2D eigenvalue weighted by Crippen LogP contribution is -2.25. The fourth-order valence-corrected chi connectivity index (χ4v) is 5.30. The van der Waals surface area contributed by atoms with Crippen LogP contribution in [0.15, 0.2) is 82.8 Å². The molecular formula is C32H40Cl2N4O2. The summed E-state index contributed by atoms with van der Waals surface area (Å²) in [4.78, 5) is 9.26. The van der Waals surface area contributed by atoms with Crippen molar-refractivity contribution in [3.05, 3.63) is 72.8 Å². The molecule has 0 aliphatic heterocycles. The zero-order valence-electron chi connectivity index (χ0n) is 22.8. The first-order valence-corrected chi connectivity index (χ1v) is 14.0. The Hall–Kier alpha value is -3.22. The number of nitrogens with zero attached hydrogens (tertiary/aromatic N) is 2. The highest BCUT2D eigenvalue weighted by molar-refractivity contribution is 5.86. The average Bonchev–Trinajstić information content (AvgIpc) is 2.97. The number of rotatable bonds is 8. The lowest BCUT2D eigenvalue weighted by atomic mass is 9.88. The molecular weight excluding hydrogens is 543 g/mol. The first kappa shape index (κ1) is 31.3. The van der Waals surface area contributed by atoms with Gasteiger partial charge in [0.1, 0.15) is 34.7 Å². The van der Waals surface area contributed by atoms with Crippen LogP contribution in [0.2, 0.25) is 0 Å². The average molecular weight is 584 g/mol. The van der Waals surface area contributed by atoms with Gasteiger partial charge in [0.05, 0.1) is 11.4 Å². The van der Waals surface area contributed by atoms with Crippen molar-refractivity contribution in [2.75, 3.05) is 0 Å². The third-order valence-corrected chi connectivity index (χ3v) is 7.53. The number of aliphatic imine (C=N–C) groups is 2. The standard InChI is InChI=1S/C32H38N4O2.2ClH/c33-31(23-7-3-1-4-8-23)35-25-11-15-27(16-12-25)37-29-19-21-30(22-20-29)38-28-17-13-26(14-18-28)36-32(34)24-9-5-2-6-10-24;;/h11-24H,1-10H2,(H2,33,35)(H2,34,36);2*1H. The number of hydrogen-bond acceptors (Lipinski definition) is 4. The van der Waals surface area contributed by atoms with Crippen molar-refractivity contribution in [1.82, 2.24) is 0 Å². The zero-order valence-corrected chi connectivity index (χ0v) is 24.5. The molecule has 5 rings (SSSR count). The summed E-state index contributed by atoms with van der Waals surface area (Å²) in [5, 5.41) is 0. The van der Waals surface area contributed by atoms with E-state index in [-0.39, 0.29) is 24.8 Å². The third kappa shape index (κ3) is 8.90. The lowest BCUT2D eigenvalue weighted by Gasteiger charge is -2.20. The lowest BCUT2D eigenvalue weighted by molar-refractivity contribution is 0.437. The molecule has 0 heterocycles. The van der Waals surface area contributed by atoms with Crippen LogP contribution in [0.3, 0.4) is 0 Å². The molecule has 6 nitrogen and oxygen atoms in total. The number of benzene rings is 3. The summed E-state index contributed by atoms with van der Waals surface area (Å²) in [7, 11) is 0. The fraction of sp³-hybridized carbons (Fsp3) is 0.375. The summed E-state index contributed by atoms with van der Waals surface area (Å²) in [5.41, 5.74) is 14.2. The van der Waals surface area contributed by atoms with Gasteiger partial charge in [-0.25, -0.2) is 9.98 Å². The van der Waals surface area contributed by atoms with Crippen LogP contribution in [0.1, 0.15) is 64.2 Å². The second kappa shape index (κ2) is 15.5. The second-order valence-electron chi connectivity index (χ2n) is 10.4. The predicted octanol–water partition coefficient (Wildman–Crippen LogP) is 9.25. The Bertz CT molecular complexity index is 1130. The maximum absolute atomic E-state index is 6.26. The molecule has 0 unspecified atom stereocenters. The molecule has 3 aromatic rings.